The molecule has 0 spiro atoms. The van der Waals surface area contributed by atoms with Gasteiger partial charge in [0.1, 0.15) is 18.0 Å². The summed E-state index contributed by atoms with van der Waals surface area (Å²) in [6, 6.07) is 12.4. The third-order valence-electron chi connectivity index (χ3n) is 6.58. The van der Waals surface area contributed by atoms with Crippen molar-refractivity contribution in [2.24, 2.45) is 0 Å². The number of nitrogen functional groups attached to an aromatic ring is 1. The van der Waals surface area contributed by atoms with E-state index in [2.05, 4.69) is 45.1 Å². The Bertz CT molecular complexity index is 1240. The van der Waals surface area contributed by atoms with E-state index in [4.69, 9.17) is 15.7 Å². The van der Waals surface area contributed by atoms with Gasteiger partial charge in [0.2, 0.25) is 0 Å². The highest BCUT2D eigenvalue weighted by atomic mass is 15.2. The number of pyridine rings is 3. The summed E-state index contributed by atoms with van der Waals surface area (Å²) in [5, 5.41) is 0.902. The Morgan fingerprint density at radius 3 is 2.61 bits per heavy atom. The molecule has 1 aliphatic rings. The molecule has 0 aromatic carbocycles. The van der Waals surface area contributed by atoms with E-state index in [1.165, 1.54) is 36.7 Å². The number of hydrogen-bond donors (Lipinski definition) is 1. The number of anilines is 2. The quantitative estimate of drug-likeness (QED) is 0.461. The molecule has 4 heterocycles. The van der Waals surface area contributed by atoms with Crippen LogP contribution in [0.2, 0.25) is 0 Å². The standard InChI is InChI=1S/C26H29N7/c1-33(15-12-18-10-13-28-14-11-18)23-9-5-8-21(31-23)22-16-20(19-6-3-2-4-7-19)24-25(27)29-17-30-26(24)32-22/h5,8-11,13-14,16-17,19H,2-4,6-7,12,15H2,1H3,(H2,27,29,30,32). The van der Waals surface area contributed by atoms with Crippen molar-refractivity contribution in [3.8, 4) is 11.4 Å². The van der Waals surface area contributed by atoms with E-state index in [1.807, 2.05) is 30.6 Å². The van der Waals surface area contributed by atoms with Crippen LogP contribution in [0.3, 0.4) is 0 Å². The summed E-state index contributed by atoms with van der Waals surface area (Å²) in [5.41, 5.74) is 11.1. The lowest BCUT2D eigenvalue weighted by molar-refractivity contribution is 0.445. The molecule has 1 saturated carbocycles. The van der Waals surface area contributed by atoms with Crippen molar-refractivity contribution in [1.82, 2.24) is 24.9 Å². The van der Waals surface area contributed by atoms with Crippen LogP contribution in [0.15, 0.2) is 55.1 Å². The average molecular weight is 440 g/mol. The van der Waals surface area contributed by atoms with E-state index in [1.54, 1.807) is 0 Å². The van der Waals surface area contributed by atoms with E-state index in [-0.39, 0.29) is 0 Å². The van der Waals surface area contributed by atoms with Crippen LogP contribution in [-0.4, -0.2) is 38.5 Å². The number of likely N-dealkylation sites (N-methyl/N-ethyl adjacent to an activating group) is 1. The average Bonchev–Trinajstić information content (AvgIpc) is 2.88. The third kappa shape index (κ3) is 4.62. The Kier molecular flexibility index (Phi) is 6.11. The summed E-state index contributed by atoms with van der Waals surface area (Å²) >= 11 is 0. The topological polar surface area (TPSA) is 93.7 Å². The molecule has 4 aromatic heterocycles. The van der Waals surface area contributed by atoms with E-state index in [0.717, 1.165) is 48.4 Å². The minimum atomic E-state index is 0.461. The lowest BCUT2D eigenvalue weighted by atomic mass is 9.82. The Morgan fingerprint density at radius 2 is 1.79 bits per heavy atom. The Hall–Kier alpha value is -3.61. The zero-order valence-corrected chi connectivity index (χ0v) is 19.0. The lowest BCUT2D eigenvalue weighted by Gasteiger charge is -2.24. The molecule has 7 nitrogen and oxygen atoms in total. The number of nitrogens with two attached hydrogens (primary N) is 1. The first-order valence-corrected chi connectivity index (χ1v) is 11.7. The molecular weight excluding hydrogens is 410 g/mol. The predicted molar refractivity (Wildman–Crippen MR) is 132 cm³/mol. The first-order chi connectivity index (χ1) is 16.2. The fourth-order valence-electron chi connectivity index (χ4n) is 4.72. The molecule has 33 heavy (non-hydrogen) atoms. The van der Waals surface area contributed by atoms with Gasteiger partial charge in [-0.25, -0.2) is 19.9 Å². The fourth-order valence-corrected chi connectivity index (χ4v) is 4.72. The summed E-state index contributed by atoms with van der Waals surface area (Å²) in [4.78, 5) is 24.8. The van der Waals surface area contributed by atoms with Crippen molar-refractivity contribution in [1.29, 1.82) is 0 Å². The number of aromatic nitrogens is 5. The summed E-state index contributed by atoms with van der Waals surface area (Å²) < 4.78 is 0. The zero-order chi connectivity index (χ0) is 22.6. The van der Waals surface area contributed by atoms with Crippen LogP contribution in [0.25, 0.3) is 22.4 Å². The maximum atomic E-state index is 6.28. The van der Waals surface area contributed by atoms with Gasteiger partial charge in [0.05, 0.1) is 16.8 Å². The van der Waals surface area contributed by atoms with Crippen molar-refractivity contribution in [2.75, 3.05) is 24.2 Å². The summed E-state index contributed by atoms with van der Waals surface area (Å²) in [6.07, 6.45) is 12.2. The summed E-state index contributed by atoms with van der Waals surface area (Å²) in [6.45, 7) is 0.864. The molecule has 0 unspecified atom stereocenters. The van der Waals surface area contributed by atoms with E-state index in [0.29, 0.717) is 17.4 Å². The van der Waals surface area contributed by atoms with Gasteiger partial charge < -0.3 is 10.6 Å². The van der Waals surface area contributed by atoms with Gasteiger partial charge in [-0.3, -0.25) is 4.98 Å². The van der Waals surface area contributed by atoms with Gasteiger partial charge in [-0.1, -0.05) is 25.3 Å². The second kappa shape index (κ2) is 9.48. The molecule has 0 aliphatic heterocycles. The maximum Gasteiger partial charge on any atom is 0.165 e. The predicted octanol–water partition coefficient (Wildman–Crippen LogP) is 4.79. The van der Waals surface area contributed by atoms with Crippen LogP contribution >= 0.6 is 0 Å². The first kappa shape index (κ1) is 21.2. The van der Waals surface area contributed by atoms with Gasteiger partial charge in [0.25, 0.3) is 0 Å². The highest BCUT2D eigenvalue weighted by Gasteiger charge is 2.22. The number of fused-ring (bicyclic) bond motifs is 1. The van der Waals surface area contributed by atoms with Crippen LogP contribution in [0.1, 0.15) is 49.1 Å². The molecule has 0 amide bonds. The van der Waals surface area contributed by atoms with Crippen LogP contribution in [0.4, 0.5) is 11.6 Å². The zero-order valence-electron chi connectivity index (χ0n) is 19.0. The van der Waals surface area contributed by atoms with Crippen molar-refractivity contribution >= 4 is 22.7 Å². The first-order valence-electron chi connectivity index (χ1n) is 11.7. The molecular formula is C26H29N7. The minimum Gasteiger partial charge on any atom is -0.383 e. The third-order valence-corrected chi connectivity index (χ3v) is 6.58. The second-order valence-electron chi connectivity index (χ2n) is 8.80. The smallest absolute Gasteiger partial charge is 0.165 e. The Balaban J connectivity index is 1.47. The molecule has 0 bridgehead atoms. The van der Waals surface area contributed by atoms with E-state index >= 15 is 0 Å². The highest BCUT2D eigenvalue weighted by Crippen LogP contribution is 2.38. The second-order valence-corrected chi connectivity index (χ2v) is 8.80. The van der Waals surface area contributed by atoms with Crippen LogP contribution in [0.5, 0.6) is 0 Å². The maximum absolute atomic E-state index is 6.28. The van der Waals surface area contributed by atoms with Crippen LogP contribution in [-0.2, 0) is 6.42 Å². The normalized spacial score (nSPS) is 14.5. The molecule has 2 N–H and O–H groups in total. The van der Waals surface area contributed by atoms with Gasteiger partial charge >= 0.3 is 0 Å². The molecule has 7 heteroatoms. The van der Waals surface area contributed by atoms with Crippen molar-refractivity contribution in [2.45, 2.75) is 44.4 Å². The monoisotopic (exact) mass is 439 g/mol. The molecule has 0 saturated heterocycles. The number of hydrogen-bond acceptors (Lipinski definition) is 7. The number of nitrogens with zero attached hydrogens (tertiary/aromatic N) is 6. The molecule has 168 valence electrons. The molecule has 5 rings (SSSR count). The van der Waals surface area contributed by atoms with E-state index in [9.17, 15) is 0 Å². The lowest BCUT2D eigenvalue weighted by Crippen LogP contribution is -2.21. The van der Waals surface area contributed by atoms with Crippen LogP contribution in [0, 0.1) is 0 Å². The molecule has 1 aliphatic carbocycles. The highest BCUT2D eigenvalue weighted by molar-refractivity contribution is 5.90. The molecule has 1 fully saturated rings. The summed E-state index contributed by atoms with van der Waals surface area (Å²) in [7, 11) is 2.07. The largest absolute Gasteiger partial charge is 0.383 e. The van der Waals surface area contributed by atoms with Crippen LogP contribution < -0.4 is 10.6 Å². The van der Waals surface area contributed by atoms with Gasteiger partial charge in [-0.2, -0.15) is 0 Å². The van der Waals surface area contributed by atoms with Gasteiger partial charge in [-0.15, -0.1) is 0 Å². The van der Waals surface area contributed by atoms with Crippen molar-refractivity contribution < 1.29 is 0 Å². The SMILES string of the molecule is CN(CCc1ccncc1)c1cccc(-c2cc(C3CCCCC3)c3c(N)ncnc3n2)n1. The molecule has 0 radical (unpaired) electrons. The van der Waals surface area contributed by atoms with Gasteiger partial charge in [-0.05, 0) is 66.6 Å². The van der Waals surface area contributed by atoms with E-state index < -0.39 is 0 Å². The summed E-state index contributed by atoms with van der Waals surface area (Å²) in [5.74, 6) is 1.89. The number of rotatable bonds is 6. The molecule has 4 aromatic rings. The fraction of sp³-hybridized carbons (Fsp3) is 0.346. The minimum absolute atomic E-state index is 0.461. The Morgan fingerprint density at radius 1 is 0.970 bits per heavy atom. The molecule has 0 atom stereocenters. The van der Waals surface area contributed by atoms with Gasteiger partial charge in [0.15, 0.2) is 5.65 Å². The van der Waals surface area contributed by atoms with Gasteiger partial charge in [0, 0.05) is 26.0 Å². The van der Waals surface area contributed by atoms with Crippen molar-refractivity contribution in [3.63, 3.8) is 0 Å². The Labute approximate surface area is 194 Å². The van der Waals surface area contributed by atoms with Crippen molar-refractivity contribution in [3.05, 3.63) is 66.2 Å².